The molecular formula is C16H14N4O4S. The van der Waals surface area contributed by atoms with Gasteiger partial charge >= 0.3 is 0 Å². The first-order valence-electron chi connectivity index (χ1n) is 7.30. The minimum atomic E-state index is -3.78. The van der Waals surface area contributed by atoms with Gasteiger partial charge in [0.2, 0.25) is 10.0 Å². The van der Waals surface area contributed by atoms with Crippen LogP contribution in [0.1, 0.15) is 5.69 Å². The molecule has 3 rings (SSSR count). The summed E-state index contributed by atoms with van der Waals surface area (Å²) in [5, 5.41) is 14.9. The van der Waals surface area contributed by atoms with Crippen molar-refractivity contribution in [2.45, 2.75) is 11.4 Å². The lowest BCUT2D eigenvalue weighted by atomic mass is 10.3. The number of non-ortho nitro benzene ring substituents is 1. The quantitative estimate of drug-likeness (QED) is 0.537. The van der Waals surface area contributed by atoms with Crippen molar-refractivity contribution in [2.75, 3.05) is 0 Å². The summed E-state index contributed by atoms with van der Waals surface area (Å²) in [6, 6.07) is 15.8. The van der Waals surface area contributed by atoms with Gasteiger partial charge in [-0.05, 0) is 30.3 Å². The summed E-state index contributed by atoms with van der Waals surface area (Å²) in [5.41, 5.74) is 1.25. The van der Waals surface area contributed by atoms with Crippen molar-refractivity contribution in [2.24, 2.45) is 0 Å². The Morgan fingerprint density at radius 2 is 1.72 bits per heavy atom. The molecule has 0 unspecified atom stereocenters. The number of para-hydroxylation sites is 1. The van der Waals surface area contributed by atoms with Gasteiger partial charge in [-0.15, -0.1) is 0 Å². The fourth-order valence-corrected chi connectivity index (χ4v) is 3.18. The van der Waals surface area contributed by atoms with E-state index in [2.05, 4.69) is 9.82 Å². The molecule has 0 aliphatic carbocycles. The van der Waals surface area contributed by atoms with Gasteiger partial charge in [0.15, 0.2) is 0 Å². The Bertz CT molecular complexity index is 982. The monoisotopic (exact) mass is 358 g/mol. The third-order valence-corrected chi connectivity index (χ3v) is 4.88. The molecular weight excluding hydrogens is 344 g/mol. The molecule has 0 bridgehead atoms. The number of nitrogens with zero attached hydrogens (tertiary/aromatic N) is 3. The van der Waals surface area contributed by atoms with Crippen LogP contribution >= 0.6 is 0 Å². The number of aromatic nitrogens is 2. The van der Waals surface area contributed by atoms with E-state index in [1.54, 1.807) is 16.9 Å². The molecule has 1 aromatic heterocycles. The topological polar surface area (TPSA) is 107 Å². The number of hydrogen-bond donors (Lipinski definition) is 1. The summed E-state index contributed by atoms with van der Waals surface area (Å²) in [6.45, 7) is 0.0131. The minimum absolute atomic E-state index is 0.0131. The Hall–Kier alpha value is -3.04. The third kappa shape index (κ3) is 3.90. The van der Waals surface area contributed by atoms with Crippen LogP contribution in [0.2, 0.25) is 0 Å². The van der Waals surface area contributed by atoms with Gasteiger partial charge in [0.25, 0.3) is 5.69 Å². The van der Waals surface area contributed by atoms with Gasteiger partial charge in [-0.2, -0.15) is 5.10 Å². The van der Waals surface area contributed by atoms with Crippen LogP contribution in [-0.2, 0) is 16.6 Å². The first-order valence-corrected chi connectivity index (χ1v) is 8.78. The average Bonchev–Trinajstić information content (AvgIpc) is 3.10. The van der Waals surface area contributed by atoms with Crippen molar-refractivity contribution in [3.8, 4) is 5.69 Å². The van der Waals surface area contributed by atoms with E-state index in [9.17, 15) is 18.5 Å². The molecule has 9 heteroatoms. The van der Waals surface area contributed by atoms with E-state index >= 15 is 0 Å². The van der Waals surface area contributed by atoms with E-state index in [1.165, 1.54) is 12.1 Å². The number of benzene rings is 2. The van der Waals surface area contributed by atoms with Gasteiger partial charge in [-0.25, -0.2) is 17.8 Å². The second kappa shape index (κ2) is 6.83. The summed E-state index contributed by atoms with van der Waals surface area (Å²) in [6.07, 6.45) is 1.74. The minimum Gasteiger partial charge on any atom is -0.258 e. The molecule has 1 N–H and O–H groups in total. The molecule has 128 valence electrons. The maximum atomic E-state index is 12.2. The molecule has 1 heterocycles. The zero-order chi connectivity index (χ0) is 17.9. The van der Waals surface area contributed by atoms with Crippen molar-refractivity contribution in [1.82, 2.24) is 14.5 Å². The fourth-order valence-electron chi connectivity index (χ4n) is 2.18. The Labute approximate surface area is 143 Å². The van der Waals surface area contributed by atoms with Gasteiger partial charge < -0.3 is 0 Å². The Morgan fingerprint density at radius 3 is 2.36 bits per heavy atom. The molecule has 25 heavy (non-hydrogen) atoms. The molecule has 0 saturated carbocycles. The largest absolute Gasteiger partial charge is 0.269 e. The molecule has 3 aromatic rings. The first kappa shape index (κ1) is 16.8. The Kier molecular flexibility index (Phi) is 4.59. The molecule has 0 saturated heterocycles. The molecule has 0 fully saturated rings. The lowest BCUT2D eigenvalue weighted by molar-refractivity contribution is -0.384. The zero-order valence-corrected chi connectivity index (χ0v) is 13.8. The van der Waals surface area contributed by atoms with Gasteiger partial charge in [0, 0.05) is 18.3 Å². The maximum Gasteiger partial charge on any atom is 0.269 e. The van der Waals surface area contributed by atoms with Crippen LogP contribution in [0.3, 0.4) is 0 Å². The highest BCUT2D eigenvalue weighted by molar-refractivity contribution is 7.89. The second-order valence-corrected chi connectivity index (χ2v) is 6.93. The second-order valence-electron chi connectivity index (χ2n) is 5.16. The highest BCUT2D eigenvalue weighted by Gasteiger charge is 2.16. The van der Waals surface area contributed by atoms with E-state index in [-0.39, 0.29) is 17.1 Å². The molecule has 0 aliphatic rings. The van der Waals surface area contributed by atoms with Crippen LogP contribution in [0.5, 0.6) is 0 Å². The molecule has 0 radical (unpaired) electrons. The zero-order valence-electron chi connectivity index (χ0n) is 12.9. The van der Waals surface area contributed by atoms with Crippen molar-refractivity contribution < 1.29 is 13.3 Å². The number of nitro groups is 1. The van der Waals surface area contributed by atoms with E-state index in [4.69, 9.17) is 0 Å². The molecule has 2 aromatic carbocycles. The van der Waals surface area contributed by atoms with Gasteiger partial charge in [0.1, 0.15) is 0 Å². The average molecular weight is 358 g/mol. The lowest BCUT2D eigenvalue weighted by Gasteiger charge is -2.05. The smallest absolute Gasteiger partial charge is 0.258 e. The predicted molar refractivity (Wildman–Crippen MR) is 90.7 cm³/mol. The van der Waals surface area contributed by atoms with Crippen molar-refractivity contribution in [1.29, 1.82) is 0 Å². The highest BCUT2D eigenvalue weighted by Crippen LogP contribution is 2.16. The van der Waals surface area contributed by atoms with Crippen LogP contribution in [0.15, 0.2) is 71.8 Å². The third-order valence-electron chi connectivity index (χ3n) is 3.47. The summed E-state index contributed by atoms with van der Waals surface area (Å²) in [4.78, 5) is 10.00. The van der Waals surface area contributed by atoms with E-state index < -0.39 is 14.9 Å². The number of sulfonamides is 1. The summed E-state index contributed by atoms with van der Waals surface area (Å²) in [5.74, 6) is 0. The van der Waals surface area contributed by atoms with E-state index in [1.807, 2.05) is 30.3 Å². The lowest BCUT2D eigenvalue weighted by Crippen LogP contribution is -2.23. The number of nitrogens with one attached hydrogen (secondary N) is 1. The summed E-state index contributed by atoms with van der Waals surface area (Å²) in [7, 11) is -3.78. The molecule has 0 amide bonds. The number of hydrogen-bond acceptors (Lipinski definition) is 5. The first-order chi connectivity index (χ1) is 12.0. The van der Waals surface area contributed by atoms with Crippen LogP contribution in [0.25, 0.3) is 5.69 Å². The van der Waals surface area contributed by atoms with Crippen molar-refractivity contribution in [3.63, 3.8) is 0 Å². The van der Waals surface area contributed by atoms with Gasteiger partial charge in [-0.3, -0.25) is 10.1 Å². The van der Waals surface area contributed by atoms with Crippen molar-refractivity contribution >= 4 is 15.7 Å². The summed E-state index contributed by atoms with van der Waals surface area (Å²) < 4.78 is 28.6. The summed E-state index contributed by atoms with van der Waals surface area (Å²) >= 11 is 0. The SMILES string of the molecule is O=[N+]([O-])c1ccc(S(=O)(=O)NCc2ccn(-c3ccccc3)n2)cc1. The normalized spacial score (nSPS) is 11.4. The standard InChI is InChI=1S/C16H14N4O4S/c21-20(22)15-6-8-16(9-7-15)25(23,24)17-12-13-10-11-19(18-13)14-4-2-1-3-5-14/h1-11,17H,12H2. The molecule has 8 nitrogen and oxygen atoms in total. The molecule has 0 aliphatic heterocycles. The van der Waals surface area contributed by atoms with Crippen LogP contribution in [-0.4, -0.2) is 23.1 Å². The van der Waals surface area contributed by atoms with Gasteiger partial charge in [-0.1, -0.05) is 18.2 Å². The maximum absolute atomic E-state index is 12.2. The Morgan fingerprint density at radius 1 is 1.04 bits per heavy atom. The van der Waals surface area contributed by atoms with E-state index in [0.717, 1.165) is 17.8 Å². The van der Waals surface area contributed by atoms with Crippen LogP contribution in [0.4, 0.5) is 5.69 Å². The fraction of sp³-hybridized carbons (Fsp3) is 0.0625. The van der Waals surface area contributed by atoms with Gasteiger partial charge in [0.05, 0.1) is 27.7 Å². The Balaban J connectivity index is 1.70. The number of rotatable bonds is 6. The van der Waals surface area contributed by atoms with Crippen molar-refractivity contribution in [3.05, 3.63) is 82.7 Å². The highest BCUT2D eigenvalue weighted by atomic mass is 32.2. The van der Waals surface area contributed by atoms with Crippen LogP contribution in [0, 0.1) is 10.1 Å². The van der Waals surface area contributed by atoms with E-state index in [0.29, 0.717) is 5.69 Å². The molecule has 0 spiro atoms. The number of nitro benzene ring substituents is 1. The molecule has 0 atom stereocenters. The predicted octanol–water partition coefficient (Wildman–Crippen LogP) is 2.26. The van der Waals surface area contributed by atoms with Crippen LogP contribution < -0.4 is 4.72 Å².